The standard InChI is InChI=1S/C9H9N.C8H6N2O/c1-10-7-6-8-4-2-3-5-9(8)10;1-5-7-6(10-8(5)11)3-2-4-9-7/h2-7H,1H3;2-4H,1H2,(H,10,11). The molecule has 2 aromatic heterocycles. The summed E-state index contributed by atoms with van der Waals surface area (Å²) < 4.78 is 2.12. The Balaban J connectivity index is 0.000000126. The minimum Gasteiger partial charge on any atom is -0.351 e. The summed E-state index contributed by atoms with van der Waals surface area (Å²) in [6.45, 7) is 3.60. The number of aryl methyl sites for hydroxylation is 1. The Labute approximate surface area is 122 Å². The first-order valence-corrected chi connectivity index (χ1v) is 6.62. The summed E-state index contributed by atoms with van der Waals surface area (Å²) in [7, 11) is 2.06. The van der Waals surface area contributed by atoms with Gasteiger partial charge >= 0.3 is 0 Å². The van der Waals surface area contributed by atoms with E-state index in [9.17, 15) is 4.79 Å². The van der Waals surface area contributed by atoms with E-state index in [1.54, 1.807) is 18.3 Å². The summed E-state index contributed by atoms with van der Waals surface area (Å²) in [5, 5.41) is 3.96. The van der Waals surface area contributed by atoms with Crippen LogP contribution in [0.5, 0.6) is 0 Å². The molecule has 104 valence electrons. The molecule has 1 aliphatic rings. The first-order chi connectivity index (χ1) is 10.2. The second-order valence-electron chi connectivity index (χ2n) is 4.82. The van der Waals surface area contributed by atoms with Crippen LogP contribution in [-0.2, 0) is 11.8 Å². The number of amides is 1. The van der Waals surface area contributed by atoms with Crippen molar-refractivity contribution in [1.29, 1.82) is 0 Å². The monoisotopic (exact) mass is 277 g/mol. The Morgan fingerprint density at radius 3 is 2.71 bits per heavy atom. The van der Waals surface area contributed by atoms with E-state index < -0.39 is 0 Å². The number of carbonyl (C=O) groups excluding carboxylic acids is 1. The van der Waals surface area contributed by atoms with Gasteiger partial charge in [0.15, 0.2) is 0 Å². The summed E-state index contributed by atoms with van der Waals surface area (Å²) in [6, 6.07) is 14.1. The largest absolute Gasteiger partial charge is 0.351 e. The fourth-order valence-corrected chi connectivity index (χ4v) is 2.27. The average Bonchev–Trinajstić information content (AvgIpc) is 3.02. The molecule has 0 aliphatic carbocycles. The maximum atomic E-state index is 11.0. The predicted octanol–water partition coefficient (Wildman–Crippen LogP) is 3.23. The molecule has 4 nitrogen and oxygen atoms in total. The van der Waals surface area contributed by atoms with Gasteiger partial charge < -0.3 is 9.88 Å². The molecular formula is C17H15N3O. The Bertz CT molecular complexity index is 833. The van der Waals surface area contributed by atoms with Gasteiger partial charge in [-0.15, -0.1) is 0 Å². The molecule has 1 amide bonds. The third-order valence-electron chi connectivity index (χ3n) is 3.41. The number of rotatable bonds is 0. The summed E-state index contributed by atoms with van der Waals surface area (Å²) in [6.07, 6.45) is 3.72. The zero-order valence-corrected chi connectivity index (χ0v) is 11.7. The summed E-state index contributed by atoms with van der Waals surface area (Å²) in [4.78, 5) is 15.0. The van der Waals surface area contributed by atoms with Crippen molar-refractivity contribution in [3.63, 3.8) is 0 Å². The number of carbonyl (C=O) groups is 1. The van der Waals surface area contributed by atoms with E-state index in [1.807, 2.05) is 0 Å². The summed E-state index contributed by atoms with van der Waals surface area (Å²) >= 11 is 0. The molecule has 0 spiro atoms. The smallest absolute Gasteiger partial charge is 0.257 e. The molecule has 0 saturated heterocycles. The van der Waals surface area contributed by atoms with E-state index in [-0.39, 0.29) is 5.91 Å². The SMILES string of the molecule is C=C1C(=O)Nc2cccnc21.Cn1ccc2ccccc21. The minimum atomic E-state index is -0.154. The van der Waals surface area contributed by atoms with Gasteiger partial charge in [-0.2, -0.15) is 0 Å². The lowest BCUT2D eigenvalue weighted by atomic mass is 10.2. The Morgan fingerprint density at radius 2 is 1.95 bits per heavy atom. The lowest BCUT2D eigenvalue weighted by Crippen LogP contribution is -2.02. The van der Waals surface area contributed by atoms with Crippen LogP contribution in [0.3, 0.4) is 0 Å². The van der Waals surface area contributed by atoms with Crippen molar-refractivity contribution in [2.24, 2.45) is 7.05 Å². The molecule has 0 saturated carbocycles. The van der Waals surface area contributed by atoms with Gasteiger partial charge in [-0.25, -0.2) is 0 Å². The van der Waals surface area contributed by atoms with Gasteiger partial charge in [-0.05, 0) is 29.7 Å². The highest BCUT2D eigenvalue weighted by Crippen LogP contribution is 2.27. The Kier molecular flexibility index (Phi) is 3.28. The highest BCUT2D eigenvalue weighted by molar-refractivity contribution is 6.30. The molecule has 1 aromatic carbocycles. The Morgan fingerprint density at radius 1 is 1.14 bits per heavy atom. The number of anilines is 1. The van der Waals surface area contributed by atoms with Crippen LogP contribution in [-0.4, -0.2) is 15.5 Å². The summed E-state index contributed by atoms with van der Waals surface area (Å²) in [5.41, 5.74) is 3.16. The lowest BCUT2D eigenvalue weighted by Gasteiger charge is -1.92. The van der Waals surface area contributed by atoms with Crippen LogP contribution >= 0.6 is 0 Å². The second kappa shape index (κ2) is 5.25. The number of aromatic nitrogens is 2. The van der Waals surface area contributed by atoms with Crippen LogP contribution < -0.4 is 5.32 Å². The van der Waals surface area contributed by atoms with Crippen molar-refractivity contribution in [3.05, 3.63) is 67.1 Å². The van der Waals surface area contributed by atoms with Crippen molar-refractivity contribution in [1.82, 2.24) is 9.55 Å². The van der Waals surface area contributed by atoms with E-state index in [0.29, 0.717) is 11.3 Å². The van der Waals surface area contributed by atoms with Crippen LogP contribution in [0.25, 0.3) is 16.5 Å². The predicted molar refractivity (Wildman–Crippen MR) is 84.8 cm³/mol. The fourth-order valence-electron chi connectivity index (χ4n) is 2.27. The van der Waals surface area contributed by atoms with Gasteiger partial charge in [-0.1, -0.05) is 24.8 Å². The molecule has 0 unspecified atom stereocenters. The van der Waals surface area contributed by atoms with Crippen LogP contribution in [0.4, 0.5) is 5.69 Å². The second-order valence-corrected chi connectivity index (χ2v) is 4.82. The Hall–Kier alpha value is -2.88. The van der Waals surface area contributed by atoms with Crippen LogP contribution in [0.2, 0.25) is 0 Å². The van der Waals surface area contributed by atoms with E-state index in [2.05, 4.69) is 65.0 Å². The normalized spacial score (nSPS) is 12.6. The molecule has 0 fully saturated rings. The number of para-hydroxylation sites is 1. The number of benzene rings is 1. The molecule has 3 heterocycles. The highest BCUT2D eigenvalue weighted by Gasteiger charge is 2.22. The van der Waals surface area contributed by atoms with Crippen molar-refractivity contribution in [2.45, 2.75) is 0 Å². The molecule has 4 heteroatoms. The number of pyridine rings is 1. The van der Waals surface area contributed by atoms with Gasteiger partial charge in [-0.3, -0.25) is 9.78 Å². The quantitative estimate of drug-likeness (QED) is 0.641. The molecule has 0 radical (unpaired) electrons. The molecule has 3 aromatic rings. The zero-order valence-electron chi connectivity index (χ0n) is 11.7. The molecular weight excluding hydrogens is 262 g/mol. The third-order valence-corrected chi connectivity index (χ3v) is 3.41. The number of nitrogens with one attached hydrogen (secondary N) is 1. The van der Waals surface area contributed by atoms with Crippen molar-refractivity contribution in [3.8, 4) is 0 Å². The van der Waals surface area contributed by atoms with Crippen LogP contribution in [0, 0.1) is 0 Å². The van der Waals surface area contributed by atoms with E-state index >= 15 is 0 Å². The van der Waals surface area contributed by atoms with E-state index in [1.165, 1.54) is 10.9 Å². The maximum Gasteiger partial charge on any atom is 0.257 e. The minimum absolute atomic E-state index is 0.154. The molecule has 0 atom stereocenters. The summed E-state index contributed by atoms with van der Waals surface area (Å²) in [5.74, 6) is -0.154. The van der Waals surface area contributed by atoms with Crippen LogP contribution in [0.15, 0.2) is 61.4 Å². The van der Waals surface area contributed by atoms with Crippen molar-refractivity contribution < 1.29 is 4.79 Å². The molecule has 1 aliphatic heterocycles. The average molecular weight is 277 g/mol. The van der Waals surface area contributed by atoms with E-state index in [0.717, 1.165) is 5.69 Å². The topological polar surface area (TPSA) is 46.9 Å². The molecule has 1 N–H and O–H groups in total. The van der Waals surface area contributed by atoms with Crippen molar-refractivity contribution in [2.75, 3.05) is 5.32 Å². The van der Waals surface area contributed by atoms with Gasteiger partial charge in [0.05, 0.1) is 17.0 Å². The number of nitrogens with zero attached hydrogens (tertiary/aromatic N) is 2. The first kappa shape index (κ1) is 13.1. The van der Waals surface area contributed by atoms with E-state index in [4.69, 9.17) is 0 Å². The molecule has 21 heavy (non-hydrogen) atoms. The zero-order chi connectivity index (χ0) is 14.8. The number of hydrogen-bond donors (Lipinski definition) is 1. The van der Waals surface area contributed by atoms with Gasteiger partial charge in [0.2, 0.25) is 0 Å². The van der Waals surface area contributed by atoms with Gasteiger partial charge in [0, 0.05) is 25.0 Å². The number of hydrogen-bond acceptors (Lipinski definition) is 2. The fraction of sp³-hybridized carbons (Fsp3) is 0.0588. The molecule has 4 rings (SSSR count). The highest BCUT2D eigenvalue weighted by atomic mass is 16.2. The maximum absolute atomic E-state index is 11.0. The van der Waals surface area contributed by atoms with Crippen molar-refractivity contribution >= 4 is 28.1 Å². The van der Waals surface area contributed by atoms with Gasteiger partial charge in [0.25, 0.3) is 5.91 Å². The third kappa shape index (κ3) is 2.43. The van der Waals surface area contributed by atoms with Gasteiger partial charge in [0.1, 0.15) is 0 Å². The van der Waals surface area contributed by atoms with Crippen LogP contribution in [0.1, 0.15) is 5.69 Å². The number of fused-ring (bicyclic) bond motifs is 2. The molecule has 0 bridgehead atoms. The lowest BCUT2D eigenvalue weighted by molar-refractivity contribution is -0.110. The first-order valence-electron chi connectivity index (χ1n) is 6.62.